The monoisotopic (exact) mass is 451 g/mol. The number of rotatable bonds is 11. The highest BCUT2D eigenvalue weighted by molar-refractivity contribution is 14.0. The summed E-state index contributed by atoms with van der Waals surface area (Å²) < 4.78 is 10.9. The molecule has 140 valence electrons. The molecule has 1 unspecified atom stereocenters. The van der Waals surface area contributed by atoms with Crippen molar-refractivity contribution < 1.29 is 9.15 Å². The second-order valence-electron chi connectivity index (χ2n) is 6.07. The average Bonchev–Trinajstić information content (AvgIpc) is 3.03. The van der Waals surface area contributed by atoms with Crippen LogP contribution in [0.4, 0.5) is 0 Å². The van der Waals surface area contributed by atoms with Gasteiger partial charge in [0.05, 0.1) is 12.4 Å². The van der Waals surface area contributed by atoms with Gasteiger partial charge in [-0.05, 0) is 52.2 Å². The Kier molecular flexibility index (Phi) is 14.1. The van der Waals surface area contributed by atoms with Gasteiger partial charge in [0.15, 0.2) is 5.96 Å². The van der Waals surface area contributed by atoms with Gasteiger partial charge in [0.1, 0.15) is 5.76 Å². The molecular weight excluding hydrogens is 417 g/mol. The SMILES string of the molecule is CCC(C)NC(=NCCCCOC(C)C)NCCc1ccco1.I. The fourth-order valence-electron chi connectivity index (χ4n) is 1.97. The standard InChI is InChI=1S/C18H33N3O2.HI/c1-5-16(4)21-18(19-11-6-7-13-22-15(2)3)20-12-10-17-9-8-14-23-17;/h8-9,14-16H,5-7,10-13H2,1-4H3,(H2,19,20,21);1H. The van der Waals surface area contributed by atoms with Gasteiger partial charge in [-0.1, -0.05) is 6.92 Å². The van der Waals surface area contributed by atoms with E-state index in [1.54, 1.807) is 6.26 Å². The number of furan rings is 1. The number of unbranched alkanes of at least 4 members (excludes halogenated alkanes) is 1. The lowest BCUT2D eigenvalue weighted by Gasteiger charge is -2.17. The Morgan fingerprint density at radius 3 is 2.71 bits per heavy atom. The van der Waals surface area contributed by atoms with Gasteiger partial charge in [-0.2, -0.15) is 0 Å². The van der Waals surface area contributed by atoms with E-state index in [1.807, 2.05) is 12.1 Å². The molecule has 5 nitrogen and oxygen atoms in total. The number of hydrogen-bond donors (Lipinski definition) is 2. The first-order chi connectivity index (χ1) is 11.1. The van der Waals surface area contributed by atoms with Crippen molar-refractivity contribution in [2.75, 3.05) is 19.7 Å². The van der Waals surface area contributed by atoms with Crippen LogP contribution in [0.1, 0.15) is 52.7 Å². The molecule has 0 aliphatic rings. The first-order valence-electron chi connectivity index (χ1n) is 8.80. The van der Waals surface area contributed by atoms with E-state index in [0.717, 1.165) is 57.1 Å². The lowest BCUT2D eigenvalue weighted by atomic mass is 10.3. The predicted molar refractivity (Wildman–Crippen MR) is 111 cm³/mol. The van der Waals surface area contributed by atoms with Gasteiger partial charge in [-0.3, -0.25) is 4.99 Å². The molecule has 0 amide bonds. The van der Waals surface area contributed by atoms with Crippen molar-refractivity contribution in [1.82, 2.24) is 10.6 Å². The molecule has 1 aromatic heterocycles. The van der Waals surface area contributed by atoms with Crippen molar-refractivity contribution in [2.45, 2.75) is 65.5 Å². The predicted octanol–water partition coefficient (Wildman–Crippen LogP) is 3.98. The van der Waals surface area contributed by atoms with Crippen molar-refractivity contribution in [3.8, 4) is 0 Å². The van der Waals surface area contributed by atoms with E-state index in [9.17, 15) is 0 Å². The minimum Gasteiger partial charge on any atom is -0.469 e. The number of ether oxygens (including phenoxy) is 1. The van der Waals surface area contributed by atoms with Crippen LogP contribution in [-0.4, -0.2) is 37.8 Å². The number of hydrogen-bond acceptors (Lipinski definition) is 3. The van der Waals surface area contributed by atoms with Crippen molar-refractivity contribution >= 4 is 29.9 Å². The Hall–Kier alpha value is -0.760. The topological polar surface area (TPSA) is 58.8 Å². The van der Waals surface area contributed by atoms with E-state index in [0.29, 0.717) is 12.1 Å². The number of guanidine groups is 1. The summed E-state index contributed by atoms with van der Waals surface area (Å²) in [6, 6.07) is 4.32. The van der Waals surface area contributed by atoms with Crippen LogP contribution in [-0.2, 0) is 11.2 Å². The minimum absolute atomic E-state index is 0. The number of nitrogens with zero attached hydrogens (tertiary/aromatic N) is 1. The molecule has 0 bridgehead atoms. The molecule has 0 saturated heterocycles. The lowest BCUT2D eigenvalue weighted by molar-refractivity contribution is 0.0763. The molecule has 0 saturated carbocycles. The zero-order valence-electron chi connectivity index (χ0n) is 15.5. The van der Waals surface area contributed by atoms with Crippen molar-refractivity contribution in [3.05, 3.63) is 24.2 Å². The molecule has 0 aliphatic heterocycles. The fraction of sp³-hybridized carbons (Fsp3) is 0.722. The van der Waals surface area contributed by atoms with Gasteiger partial charge >= 0.3 is 0 Å². The van der Waals surface area contributed by atoms with Crippen LogP contribution in [0.25, 0.3) is 0 Å². The molecule has 24 heavy (non-hydrogen) atoms. The van der Waals surface area contributed by atoms with E-state index in [-0.39, 0.29) is 24.0 Å². The van der Waals surface area contributed by atoms with Crippen LogP contribution in [0.15, 0.2) is 27.8 Å². The van der Waals surface area contributed by atoms with E-state index in [4.69, 9.17) is 9.15 Å². The zero-order valence-corrected chi connectivity index (χ0v) is 17.8. The summed E-state index contributed by atoms with van der Waals surface area (Å²) in [6.45, 7) is 10.9. The summed E-state index contributed by atoms with van der Waals surface area (Å²) in [5, 5.41) is 6.81. The Morgan fingerprint density at radius 1 is 1.29 bits per heavy atom. The maximum absolute atomic E-state index is 5.55. The summed E-state index contributed by atoms with van der Waals surface area (Å²) in [5.41, 5.74) is 0. The summed E-state index contributed by atoms with van der Waals surface area (Å²) in [4.78, 5) is 4.66. The molecule has 1 heterocycles. The normalized spacial score (nSPS) is 12.8. The van der Waals surface area contributed by atoms with Crippen molar-refractivity contribution in [2.24, 2.45) is 4.99 Å². The summed E-state index contributed by atoms with van der Waals surface area (Å²) >= 11 is 0. The van der Waals surface area contributed by atoms with E-state index >= 15 is 0 Å². The first-order valence-corrected chi connectivity index (χ1v) is 8.80. The molecule has 1 rings (SSSR count). The third-order valence-corrected chi connectivity index (χ3v) is 3.51. The molecule has 0 aliphatic carbocycles. The highest BCUT2D eigenvalue weighted by Crippen LogP contribution is 2.00. The van der Waals surface area contributed by atoms with Crippen LogP contribution < -0.4 is 10.6 Å². The Labute approximate surface area is 164 Å². The molecule has 1 atom stereocenters. The van der Waals surface area contributed by atoms with Gasteiger partial charge in [-0.25, -0.2) is 0 Å². The van der Waals surface area contributed by atoms with Crippen LogP contribution >= 0.6 is 24.0 Å². The van der Waals surface area contributed by atoms with Gasteiger partial charge < -0.3 is 19.8 Å². The van der Waals surface area contributed by atoms with Gasteiger partial charge in [0.25, 0.3) is 0 Å². The van der Waals surface area contributed by atoms with E-state index < -0.39 is 0 Å². The third kappa shape index (κ3) is 11.7. The molecule has 0 radical (unpaired) electrons. The highest BCUT2D eigenvalue weighted by atomic mass is 127. The van der Waals surface area contributed by atoms with E-state index in [1.165, 1.54) is 0 Å². The van der Waals surface area contributed by atoms with Crippen LogP contribution in [0.3, 0.4) is 0 Å². The van der Waals surface area contributed by atoms with Crippen LogP contribution in [0, 0.1) is 0 Å². The van der Waals surface area contributed by atoms with Gasteiger partial charge in [0.2, 0.25) is 0 Å². The lowest BCUT2D eigenvalue weighted by Crippen LogP contribution is -2.42. The third-order valence-electron chi connectivity index (χ3n) is 3.51. The van der Waals surface area contributed by atoms with Crippen LogP contribution in [0.5, 0.6) is 0 Å². The quantitative estimate of drug-likeness (QED) is 0.231. The summed E-state index contributed by atoms with van der Waals surface area (Å²) in [6.07, 6.45) is 6.03. The van der Waals surface area contributed by atoms with Crippen LogP contribution in [0.2, 0.25) is 0 Å². The van der Waals surface area contributed by atoms with Crippen molar-refractivity contribution in [3.63, 3.8) is 0 Å². The Morgan fingerprint density at radius 2 is 2.08 bits per heavy atom. The maximum Gasteiger partial charge on any atom is 0.191 e. The molecule has 0 spiro atoms. The number of nitrogens with one attached hydrogen (secondary N) is 2. The smallest absolute Gasteiger partial charge is 0.191 e. The molecule has 1 aromatic rings. The Bertz CT molecular complexity index is 422. The molecule has 2 N–H and O–H groups in total. The zero-order chi connectivity index (χ0) is 16.9. The largest absolute Gasteiger partial charge is 0.469 e. The number of halogens is 1. The molecule has 0 aromatic carbocycles. The van der Waals surface area contributed by atoms with Crippen molar-refractivity contribution in [1.29, 1.82) is 0 Å². The Balaban J connectivity index is 0.00000529. The molecule has 0 fully saturated rings. The average molecular weight is 451 g/mol. The summed E-state index contributed by atoms with van der Waals surface area (Å²) in [5.74, 6) is 1.88. The second kappa shape index (κ2) is 14.6. The summed E-state index contributed by atoms with van der Waals surface area (Å²) in [7, 11) is 0. The molecule has 6 heteroatoms. The highest BCUT2D eigenvalue weighted by Gasteiger charge is 2.04. The second-order valence-corrected chi connectivity index (χ2v) is 6.07. The number of aliphatic imine (C=N–C) groups is 1. The van der Waals surface area contributed by atoms with Gasteiger partial charge in [-0.15, -0.1) is 24.0 Å². The van der Waals surface area contributed by atoms with E-state index in [2.05, 4.69) is 43.3 Å². The van der Waals surface area contributed by atoms with Gasteiger partial charge in [0, 0.05) is 32.2 Å². The first kappa shape index (κ1) is 23.2. The molecular formula is C18H34IN3O2. The minimum atomic E-state index is 0. The fourth-order valence-corrected chi connectivity index (χ4v) is 1.97. The maximum atomic E-state index is 5.55.